The van der Waals surface area contributed by atoms with Crippen molar-refractivity contribution in [3.63, 3.8) is 0 Å². The first-order chi connectivity index (χ1) is 10.5. The highest BCUT2D eigenvalue weighted by molar-refractivity contribution is 6.27. The average molecular weight is 333 g/mol. The zero-order valence-corrected chi connectivity index (χ0v) is 16.8. The van der Waals surface area contributed by atoms with Crippen molar-refractivity contribution in [3.8, 4) is 0 Å². The van der Waals surface area contributed by atoms with Gasteiger partial charge in [0.1, 0.15) is 0 Å². The molecule has 0 N–H and O–H groups in total. The number of carbonyl (C=O) groups is 1. The summed E-state index contributed by atoms with van der Waals surface area (Å²) in [6, 6.07) is 0. The summed E-state index contributed by atoms with van der Waals surface area (Å²) >= 11 is 0. The lowest BCUT2D eigenvalue weighted by Gasteiger charge is -2.43. The van der Waals surface area contributed by atoms with Crippen LogP contribution in [0.5, 0.6) is 0 Å². The Balaban J connectivity index is 4.89. The molecule has 0 aromatic heterocycles. The summed E-state index contributed by atoms with van der Waals surface area (Å²) in [6.07, 6.45) is 8.56. The highest BCUT2D eigenvalue weighted by Crippen LogP contribution is 2.34. The predicted octanol–water partition coefficient (Wildman–Crippen LogP) is 2.12. The van der Waals surface area contributed by atoms with Crippen molar-refractivity contribution in [2.24, 2.45) is 0 Å². The second-order valence-corrected chi connectivity index (χ2v) is 6.90. The number of rotatable bonds is 13. The van der Waals surface area contributed by atoms with Gasteiger partial charge in [0.2, 0.25) is 5.79 Å². The van der Waals surface area contributed by atoms with Gasteiger partial charge in [0.15, 0.2) is 5.22 Å². The Labute approximate surface area is 137 Å². The van der Waals surface area contributed by atoms with Gasteiger partial charge in [-0.05, 0) is 6.42 Å². The predicted molar refractivity (Wildman–Crippen MR) is 90.7 cm³/mol. The molecule has 0 aliphatic heterocycles. The molecule has 0 bridgehead atoms. The van der Waals surface area contributed by atoms with Crippen LogP contribution in [0.1, 0.15) is 51.9 Å². The molecule has 1 unspecified atom stereocenters. The van der Waals surface area contributed by atoms with Crippen molar-refractivity contribution in [3.05, 3.63) is 12.8 Å². The molecule has 0 aliphatic carbocycles. The van der Waals surface area contributed by atoms with Crippen molar-refractivity contribution in [1.29, 1.82) is 0 Å². The maximum atomic E-state index is 12.3. The van der Waals surface area contributed by atoms with E-state index in [2.05, 4.69) is 13.5 Å². The minimum Gasteiger partial charge on any atom is -0.433 e. The zero-order valence-electron chi connectivity index (χ0n) is 14.8. The molecular formula is C16H32O5Si. The Morgan fingerprint density at radius 3 is 2.05 bits per heavy atom. The van der Waals surface area contributed by atoms with Crippen LogP contribution in [0.25, 0.3) is 0 Å². The van der Waals surface area contributed by atoms with Crippen molar-refractivity contribution < 1.29 is 23.7 Å². The van der Waals surface area contributed by atoms with E-state index in [1.54, 1.807) is 0 Å². The molecule has 1 atom stereocenters. The van der Waals surface area contributed by atoms with Gasteiger partial charge in [-0.25, -0.2) is 4.79 Å². The van der Waals surface area contributed by atoms with Gasteiger partial charge in [-0.3, -0.25) is 0 Å². The monoisotopic (exact) mass is 332 g/mol. The van der Waals surface area contributed by atoms with Gasteiger partial charge in [0.05, 0.1) is 16.5 Å². The molecule has 6 heteroatoms. The van der Waals surface area contributed by atoms with Crippen LogP contribution in [0.2, 0.25) is 0 Å². The van der Waals surface area contributed by atoms with Crippen LogP contribution in [-0.2, 0) is 23.7 Å². The lowest BCUT2D eigenvalue weighted by Crippen LogP contribution is -2.63. The number of ether oxygens (including phenoxy) is 4. The number of methoxy groups -OCH3 is 3. The Hall–Kier alpha value is -0.693. The number of hydrogen-bond acceptors (Lipinski definition) is 5. The highest BCUT2D eigenvalue weighted by atomic mass is 28.1. The van der Waals surface area contributed by atoms with Gasteiger partial charge in [-0.1, -0.05) is 45.6 Å². The van der Waals surface area contributed by atoms with Gasteiger partial charge < -0.3 is 18.9 Å². The van der Waals surface area contributed by atoms with Crippen LogP contribution in [0.3, 0.4) is 0 Å². The smallest absolute Gasteiger partial charge is 0.344 e. The molecule has 0 saturated carbocycles. The largest absolute Gasteiger partial charge is 0.433 e. The molecule has 0 fully saturated rings. The van der Waals surface area contributed by atoms with E-state index in [4.69, 9.17) is 18.9 Å². The SMILES string of the molecule is C=COC(=O)C([SiH3])(OC)C(CCCCCCCC)(OC)OC. The molecule has 0 radical (unpaired) electrons. The van der Waals surface area contributed by atoms with E-state index in [1.165, 1.54) is 47.0 Å². The molecule has 0 heterocycles. The molecule has 0 aromatic carbocycles. The van der Waals surface area contributed by atoms with Crippen LogP contribution in [0.4, 0.5) is 0 Å². The second kappa shape index (κ2) is 10.9. The van der Waals surface area contributed by atoms with Crippen molar-refractivity contribution >= 4 is 16.2 Å². The first kappa shape index (κ1) is 21.3. The van der Waals surface area contributed by atoms with E-state index < -0.39 is 17.0 Å². The maximum absolute atomic E-state index is 12.3. The van der Waals surface area contributed by atoms with Gasteiger partial charge in [-0.2, -0.15) is 0 Å². The highest BCUT2D eigenvalue weighted by Gasteiger charge is 2.56. The summed E-state index contributed by atoms with van der Waals surface area (Å²) in [4.78, 5) is 12.3. The zero-order chi connectivity index (χ0) is 17.1. The number of carbonyl (C=O) groups excluding carboxylic acids is 1. The molecule has 5 nitrogen and oxygen atoms in total. The van der Waals surface area contributed by atoms with Crippen molar-refractivity contribution in [2.45, 2.75) is 62.9 Å². The lowest BCUT2D eigenvalue weighted by molar-refractivity contribution is -0.282. The van der Waals surface area contributed by atoms with Crippen LogP contribution < -0.4 is 0 Å². The van der Waals surface area contributed by atoms with Crippen LogP contribution in [-0.4, -0.2) is 48.6 Å². The Bertz CT molecular complexity index is 330. The molecule has 0 amide bonds. The van der Waals surface area contributed by atoms with Crippen LogP contribution in [0, 0.1) is 0 Å². The third-order valence-corrected chi connectivity index (χ3v) is 5.81. The molecule has 0 saturated heterocycles. The third-order valence-electron chi connectivity index (χ3n) is 4.23. The van der Waals surface area contributed by atoms with E-state index >= 15 is 0 Å². The summed E-state index contributed by atoms with van der Waals surface area (Å²) in [7, 11) is 4.92. The van der Waals surface area contributed by atoms with Crippen LogP contribution >= 0.6 is 0 Å². The maximum Gasteiger partial charge on any atom is 0.344 e. The number of unbranched alkanes of at least 4 members (excludes halogenated alkanes) is 5. The summed E-state index contributed by atoms with van der Waals surface area (Å²) in [6.45, 7) is 5.62. The molecule has 0 rings (SSSR count). The molecule has 130 valence electrons. The first-order valence-electron chi connectivity index (χ1n) is 7.95. The minimum absolute atomic E-state index is 0.369. The fraction of sp³-hybridized carbons (Fsp3) is 0.812. The van der Waals surface area contributed by atoms with Gasteiger partial charge >= 0.3 is 5.97 Å². The molecular weight excluding hydrogens is 300 g/mol. The average Bonchev–Trinajstić information content (AvgIpc) is 2.54. The van der Waals surface area contributed by atoms with E-state index in [0.29, 0.717) is 16.7 Å². The fourth-order valence-electron chi connectivity index (χ4n) is 2.64. The normalized spacial score (nSPS) is 14.5. The Morgan fingerprint density at radius 1 is 1.05 bits per heavy atom. The Kier molecular flexibility index (Phi) is 10.6. The van der Waals surface area contributed by atoms with E-state index in [9.17, 15) is 4.79 Å². The van der Waals surface area contributed by atoms with E-state index in [-0.39, 0.29) is 0 Å². The third kappa shape index (κ3) is 5.19. The quantitative estimate of drug-likeness (QED) is 0.170. The second-order valence-electron chi connectivity index (χ2n) is 5.49. The van der Waals surface area contributed by atoms with Gasteiger partial charge in [0, 0.05) is 27.8 Å². The van der Waals surface area contributed by atoms with E-state index in [0.717, 1.165) is 19.1 Å². The van der Waals surface area contributed by atoms with Crippen molar-refractivity contribution in [1.82, 2.24) is 0 Å². The Morgan fingerprint density at radius 2 is 1.59 bits per heavy atom. The minimum atomic E-state index is -1.23. The van der Waals surface area contributed by atoms with Crippen molar-refractivity contribution in [2.75, 3.05) is 21.3 Å². The lowest BCUT2D eigenvalue weighted by atomic mass is 9.99. The molecule has 0 aromatic rings. The van der Waals surface area contributed by atoms with Gasteiger partial charge in [-0.15, -0.1) is 0 Å². The molecule has 0 aliphatic rings. The van der Waals surface area contributed by atoms with E-state index in [1.807, 2.05) is 0 Å². The summed E-state index contributed by atoms with van der Waals surface area (Å²) in [5, 5.41) is -1.23. The topological polar surface area (TPSA) is 54.0 Å². The van der Waals surface area contributed by atoms with Gasteiger partial charge in [0.25, 0.3) is 0 Å². The summed E-state index contributed by atoms with van der Waals surface area (Å²) in [5.41, 5.74) is 0. The molecule has 22 heavy (non-hydrogen) atoms. The summed E-state index contributed by atoms with van der Waals surface area (Å²) in [5.74, 6) is -1.65. The fourth-order valence-corrected chi connectivity index (χ4v) is 3.41. The molecule has 0 spiro atoms. The number of hydrogen-bond donors (Lipinski definition) is 0. The standard InChI is InChI=1S/C16H32O5Si/c1-6-8-9-10-11-12-13-15(18-3,19-4)16(22,20-5)14(17)21-7-2/h7H,2,6,8-13H2,1,3-5,22H3. The number of esters is 1. The summed E-state index contributed by atoms with van der Waals surface area (Å²) < 4.78 is 21.6. The van der Waals surface area contributed by atoms with Crippen LogP contribution in [0.15, 0.2) is 12.8 Å². The first-order valence-corrected chi connectivity index (χ1v) is 8.95.